The van der Waals surface area contributed by atoms with Crippen molar-refractivity contribution in [3.8, 4) is 0 Å². The van der Waals surface area contributed by atoms with E-state index in [-0.39, 0.29) is 23.8 Å². The summed E-state index contributed by atoms with van der Waals surface area (Å²) in [5.74, 6) is -0.343. The van der Waals surface area contributed by atoms with E-state index in [2.05, 4.69) is 21.1 Å². The highest BCUT2D eigenvalue weighted by molar-refractivity contribution is 9.10. The molecule has 0 aliphatic carbocycles. The molecule has 0 saturated carbocycles. The fourth-order valence-corrected chi connectivity index (χ4v) is 4.97. The Morgan fingerprint density at radius 2 is 2.08 bits per heavy atom. The van der Waals surface area contributed by atoms with Gasteiger partial charge in [-0.3, -0.25) is 9.69 Å². The van der Waals surface area contributed by atoms with Gasteiger partial charge in [-0.15, -0.1) is 0 Å². The van der Waals surface area contributed by atoms with Crippen molar-refractivity contribution >= 4 is 37.4 Å². The van der Waals surface area contributed by atoms with Crippen LogP contribution in [0, 0.1) is 0 Å². The number of hydrogen-bond donors (Lipinski definition) is 0. The van der Waals surface area contributed by atoms with Crippen LogP contribution in [0.2, 0.25) is 0 Å². The third kappa shape index (κ3) is 3.69. The Morgan fingerprint density at radius 1 is 1.40 bits per heavy atom. The normalized spacial score (nSPS) is 23.8. The summed E-state index contributed by atoms with van der Waals surface area (Å²) in [7, 11) is -3.40. The Bertz CT molecular complexity index is 901. The van der Waals surface area contributed by atoms with Crippen LogP contribution in [0.15, 0.2) is 57.3 Å². The van der Waals surface area contributed by atoms with Crippen molar-refractivity contribution < 1.29 is 18.0 Å². The Hall–Kier alpha value is -1.93. The maximum absolute atomic E-state index is 12.3. The average molecular weight is 425 g/mol. The van der Waals surface area contributed by atoms with E-state index in [0.717, 1.165) is 10.0 Å². The van der Waals surface area contributed by atoms with Gasteiger partial charge in [-0.25, -0.2) is 8.42 Å². The summed E-state index contributed by atoms with van der Waals surface area (Å²) in [5.41, 5.74) is 2.29. The molecule has 25 heavy (non-hydrogen) atoms. The molecule has 0 bridgehead atoms. The number of carbonyl (C=O) groups excluding carboxylic acids is 1. The summed E-state index contributed by atoms with van der Waals surface area (Å²) < 4.78 is 25.5. The molecule has 1 aromatic carbocycles. The molecule has 132 valence electrons. The van der Waals surface area contributed by atoms with Crippen LogP contribution in [0.4, 0.5) is 0 Å². The maximum Gasteiger partial charge on any atom is 0.258 e. The van der Waals surface area contributed by atoms with Crippen LogP contribution in [-0.4, -0.2) is 36.1 Å². The Morgan fingerprint density at radius 3 is 2.76 bits per heavy atom. The van der Waals surface area contributed by atoms with Crippen LogP contribution in [0.25, 0.3) is 0 Å². The third-order valence-electron chi connectivity index (χ3n) is 3.85. The van der Waals surface area contributed by atoms with Crippen molar-refractivity contribution in [2.45, 2.75) is 25.8 Å². The third-order valence-corrected chi connectivity index (χ3v) is 6.39. The molecule has 2 heterocycles. The van der Waals surface area contributed by atoms with Crippen molar-refractivity contribution in [1.82, 2.24) is 4.90 Å². The first-order chi connectivity index (χ1) is 11.8. The number of hydrogen-bond acceptors (Lipinski definition) is 5. The summed E-state index contributed by atoms with van der Waals surface area (Å²) in [4.78, 5) is 18.7. The van der Waals surface area contributed by atoms with Gasteiger partial charge in [-0.2, -0.15) is 0 Å². The second kappa shape index (κ2) is 6.76. The number of β-lactam (4-membered cyclic amide) rings is 1. The molecule has 0 radical (unpaired) electrons. The van der Waals surface area contributed by atoms with E-state index < -0.39 is 15.2 Å². The van der Waals surface area contributed by atoms with Crippen LogP contribution in [0.5, 0.6) is 0 Å². The highest BCUT2D eigenvalue weighted by atomic mass is 79.9. The fraction of sp³-hybridized carbons (Fsp3) is 0.294. The van der Waals surface area contributed by atoms with Crippen LogP contribution in [0.3, 0.4) is 0 Å². The van der Waals surface area contributed by atoms with E-state index in [1.807, 2.05) is 24.3 Å². The Labute approximate surface area is 154 Å². The van der Waals surface area contributed by atoms with Gasteiger partial charge in [0.1, 0.15) is 6.61 Å². The molecule has 0 aromatic heterocycles. The van der Waals surface area contributed by atoms with Crippen LogP contribution in [-0.2, 0) is 26.1 Å². The first-order valence-corrected chi connectivity index (χ1v) is 10.1. The van der Waals surface area contributed by atoms with E-state index in [1.165, 1.54) is 11.0 Å². The lowest BCUT2D eigenvalue weighted by atomic mass is 10.0. The zero-order chi connectivity index (χ0) is 18.2. The number of halogens is 1. The van der Waals surface area contributed by atoms with E-state index in [1.54, 1.807) is 20.0 Å². The predicted octanol–water partition coefficient (Wildman–Crippen LogP) is 2.77. The number of rotatable bonds is 4. The van der Waals surface area contributed by atoms with Crippen LogP contribution >= 0.6 is 15.9 Å². The summed E-state index contributed by atoms with van der Waals surface area (Å²) >= 11 is 3.36. The lowest BCUT2D eigenvalue weighted by molar-refractivity contribution is -0.130. The minimum absolute atomic E-state index is 0.0327. The van der Waals surface area contributed by atoms with E-state index in [0.29, 0.717) is 11.3 Å². The van der Waals surface area contributed by atoms with Crippen molar-refractivity contribution in [3.05, 3.63) is 57.7 Å². The predicted molar refractivity (Wildman–Crippen MR) is 98.3 cm³/mol. The highest BCUT2D eigenvalue weighted by Crippen LogP contribution is 2.35. The summed E-state index contributed by atoms with van der Waals surface area (Å²) in [5, 5.41) is 3.04. The van der Waals surface area contributed by atoms with Gasteiger partial charge in [-0.05, 0) is 43.2 Å². The lowest BCUT2D eigenvalue weighted by Gasteiger charge is -2.42. The lowest BCUT2D eigenvalue weighted by Crippen LogP contribution is -2.58. The zero-order valence-electron chi connectivity index (χ0n) is 13.8. The molecule has 0 spiro atoms. The van der Waals surface area contributed by atoms with Gasteiger partial charge >= 0.3 is 0 Å². The van der Waals surface area contributed by atoms with Gasteiger partial charge in [0.2, 0.25) is 0 Å². The topological polar surface area (TPSA) is 76.0 Å². The SMILES string of the molecule is CC1=CN2C(=O)/C(=C/C(C)=N\OCc3ccc(Br)cc3)C2S(=O)(=O)C1. The first-order valence-electron chi connectivity index (χ1n) is 7.62. The van der Waals surface area contributed by atoms with Crippen LogP contribution in [0.1, 0.15) is 19.4 Å². The smallest absolute Gasteiger partial charge is 0.258 e. The van der Waals surface area contributed by atoms with Crippen molar-refractivity contribution in [2.75, 3.05) is 5.75 Å². The summed E-state index contributed by atoms with van der Waals surface area (Å²) in [6.07, 6.45) is 3.08. The second-order valence-corrected chi connectivity index (χ2v) is 9.06. The number of fused-ring (bicyclic) bond motifs is 1. The molecule has 1 saturated heterocycles. The number of allylic oxidation sites excluding steroid dienone is 1. The molecule has 0 N–H and O–H groups in total. The summed E-state index contributed by atoms with van der Waals surface area (Å²) in [6, 6.07) is 7.62. The van der Waals surface area contributed by atoms with Gasteiger partial charge in [-0.1, -0.05) is 33.2 Å². The van der Waals surface area contributed by atoms with E-state index in [9.17, 15) is 13.2 Å². The zero-order valence-corrected chi connectivity index (χ0v) is 16.2. The number of sulfone groups is 1. The fourth-order valence-electron chi connectivity index (χ4n) is 2.78. The average Bonchev–Trinajstić information content (AvgIpc) is 2.53. The Balaban J connectivity index is 1.70. The Kier molecular flexibility index (Phi) is 4.83. The molecule has 1 unspecified atom stereocenters. The van der Waals surface area contributed by atoms with Gasteiger partial charge in [0, 0.05) is 10.7 Å². The number of nitrogens with zero attached hydrogens (tertiary/aromatic N) is 2. The van der Waals surface area contributed by atoms with Gasteiger partial charge in [0.25, 0.3) is 5.91 Å². The summed E-state index contributed by atoms with van der Waals surface area (Å²) in [6.45, 7) is 3.66. The molecule has 1 aromatic rings. The van der Waals surface area contributed by atoms with Crippen molar-refractivity contribution in [1.29, 1.82) is 0 Å². The van der Waals surface area contributed by atoms with E-state index in [4.69, 9.17) is 4.84 Å². The minimum atomic E-state index is -3.40. The molecule has 2 aliphatic heterocycles. The van der Waals surface area contributed by atoms with Gasteiger partial charge in [0.15, 0.2) is 15.2 Å². The second-order valence-electron chi connectivity index (χ2n) is 6.08. The quantitative estimate of drug-likeness (QED) is 0.322. The van der Waals surface area contributed by atoms with E-state index >= 15 is 0 Å². The first kappa shape index (κ1) is 17.9. The minimum Gasteiger partial charge on any atom is -0.391 e. The van der Waals surface area contributed by atoms with Crippen molar-refractivity contribution in [2.24, 2.45) is 5.16 Å². The standard InChI is InChI=1S/C17H17BrN2O4S/c1-11-8-20-16(21)15(17(20)25(22,23)10-11)7-12(2)19-24-9-13-3-5-14(18)6-4-13/h3-8,17H,9-10H2,1-2H3/b15-7-,19-12-. The molecule has 1 amide bonds. The van der Waals surface area contributed by atoms with Gasteiger partial charge in [0.05, 0.1) is 17.0 Å². The molecular formula is C17H17BrN2O4S. The molecule has 3 rings (SSSR count). The van der Waals surface area contributed by atoms with Gasteiger partial charge < -0.3 is 4.84 Å². The molecule has 6 nitrogen and oxygen atoms in total. The highest BCUT2D eigenvalue weighted by Gasteiger charge is 2.51. The van der Waals surface area contributed by atoms with Crippen LogP contribution < -0.4 is 0 Å². The monoisotopic (exact) mass is 424 g/mol. The molecule has 1 fully saturated rings. The molecule has 8 heteroatoms. The molecular weight excluding hydrogens is 408 g/mol. The number of benzene rings is 1. The number of amides is 1. The maximum atomic E-state index is 12.3. The number of oxime groups is 1. The molecule has 1 atom stereocenters. The largest absolute Gasteiger partial charge is 0.391 e. The number of carbonyl (C=O) groups is 1. The molecule has 2 aliphatic rings. The van der Waals surface area contributed by atoms with Crippen molar-refractivity contribution in [3.63, 3.8) is 0 Å².